The molecule has 0 aliphatic carbocycles. The molecule has 0 saturated carbocycles. The fourth-order valence-corrected chi connectivity index (χ4v) is 3.41. The summed E-state index contributed by atoms with van der Waals surface area (Å²) in [7, 11) is 0. The number of hydrogen-bond acceptors (Lipinski definition) is 4. The molecule has 1 aromatic heterocycles. The van der Waals surface area contributed by atoms with Crippen LogP contribution in [0.4, 0.5) is 0 Å². The number of hydrogen-bond donors (Lipinski definition) is 1. The molecule has 1 N–H and O–H groups in total. The zero-order valence-corrected chi connectivity index (χ0v) is 14.6. The van der Waals surface area contributed by atoms with Crippen molar-refractivity contribution < 1.29 is 19.4 Å². The molecule has 0 bridgehead atoms. The lowest BCUT2D eigenvalue weighted by molar-refractivity contribution is -0.147. The number of halogens is 1. The summed E-state index contributed by atoms with van der Waals surface area (Å²) >= 11 is 6.15. The average molecular weight is 363 g/mol. The van der Waals surface area contributed by atoms with E-state index >= 15 is 0 Å². The topological polar surface area (TPSA) is 79.7 Å². The van der Waals surface area contributed by atoms with Crippen LogP contribution in [-0.4, -0.2) is 46.6 Å². The molecule has 1 saturated heterocycles. The Hall–Kier alpha value is -2.34. The first kappa shape index (κ1) is 17.5. The van der Waals surface area contributed by atoms with E-state index < -0.39 is 11.9 Å². The van der Waals surface area contributed by atoms with Crippen molar-refractivity contribution in [3.63, 3.8) is 0 Å². The Kier molecular flexibility index (Phi) is 5.08. The number of aromatic nitrogens is 1. The third-order valence-electron chi connectivity index (χ3n) is 4.39. The Morgan fingerprint density at radius 1 is 1.36 bits per heavy atom. The third kappa shape index (κ3) is 3.85. The molecule has 3 rings (SSSR count). The number of aliphatic carboxylic acids is 1. The van der Waals surface area contributed by atoms with Gasteiger partial charge >= 0.3 is 5.97 Å². The number of pyridine rings is 1. The molecule has 1 aromatic carbocycles. The van der Waals surface area contributed by atoms with Gasteiger partial charge < -0.3 is 14.7 Å². The molecule has 1 amide bonds. The molecule has 132 valence electrons. The summed E-state index contributed by atoms with van der Waals surface area (Å²) in [6.07, 6.45) is 2.23. The number of carboxylic acid groups (broad SMARTS) is 1. The molecule has 2 unspecified atom stereocenters. The van der Waals surface area contributed by atoms with E-state index in [1.807, 2.05) is 13.0 Å². The quantitative estimate of drug-likeness (QED) is 0.904. The van der Waals surface area contributed by atoms with Crippen LogP contribution < -0.4 is 4.74 Å². The molecule has 1 fully saturated rings. The van der Waals surface area contributed by atoms with Gasteiger partial charge in [-0.3, -0.25) is 14.6 Å². The summed E-state index contributed by atoms with van der Waals surface area (Å²) in [6, 6.07) is 7.01. The summed E-state index contributed by atoms with van der Waals surface area (Å²) in [5.74, 6) is -0.981. The fraction of sp³-hybridized carbons (Fsp3) is 0.389. The van der Waals surface area contributed by atoms with Crippen LogP contribution in [0.1, 0.15) is 13.3 Å². The van der Waals surface area contributed by atoms with E-state index in [2.05, 4.69) is 4.98 Å². The number of amides is 1. The normalized spacial score (nSPS) is 20.5. The van der Waals surface area contributed by atoms with Crippen LogP contribution in [0.5, 0.6) is 5.75 Å². The molecule has 2 atom stereocenters. The van der Waals surface area contributed by atoms with E-state index in [1.54, 1.807) is 29.3 Å². The van der Waals surface area contributed by atoms with E-state index in [0.29, 0.717) is 29.3 Å². The largest absolute Gasteiger partial charge is 0.481 e. The number of carbonyl (C=O) groups excluding carboxylic acids is 1. The van der Waals surface area contributed by atoms with Gasteiger partial charge in [-0.25, -0.2) is 0 Å². The van der Waals surface area contributed by atoms with Crippen molar-refractivity contribution in [1.29, 1.82) is 0 Å². The smallest absolute Gasteiger partial charge is 0.308 e. The molecule has 1 aliphatic rings. The molecule has 2 heterocycles. The van der Waals surface area contributed by atoms with Gasteiger partial charge in [-0.05, 0) is 36.6 Å². The summed E-state index contributed by atoms with van der Waals surface area (Å²) in [6.45, 7) is 2.56. The highest BCUT2D eigenvalue weighted by atomic mass is 35.5. The van der Waals surface area contributed by atoms with Gasteiger partial charge in [0.15, 0.2) is 6.61 Å². The summed E-state index contributed by atoms with van der Waals surface area (Å²) in [5, 5.41) is 10.5. The second-order valence-corrected chi connectivity index (χ2v) is 6.82. The average Bonchev–Trinajstić information content (AvgIpc) is 2.60. The first-order valence-corrected chi connectivity index (χ1v) is 8.50. The predicted molar refractivity (Wildman–Crippen MR) is 93.7 cm³/mol. The highest BCUT2D eigenvalue weighted by Gasteiger charge is 2.32. The van der Waals surface area contributed by atoms with E-state index in [-0.39, 0.29) is 25.0 Å². The maximum absolute atomic E-state index is 12.4. The number of nitrogens with zero attached hydrogens (tertiary/aromatic N) is 2. The van der Waals surface area contributed by atoms with Crippen molar-refractivity contribution in [1.82, 2.24) is 9.88 Å². The van der Waals surface area contributed by atoms with Crippen LogP contribution in [0.25, 0.3) is 10.9 Å². The Labute approximate surface area is 150 Å². The molecule has 1 aliphatic heterocycles. The number of carboxylic acids is 1. The van der Waals surface area contributed by atoms with Crippen LogP contribution in [0.3, 0.4) is 0 Å². The van der Waals surface area contributed by atoms with Gasteiger partial charge in [-0.2, -0.15) is 0 Å². The number of carbonyl (C=O) groups is 2. The van der Waals surface area contributed by atoms with Crippen molar-refractivity contribution in [2.24, 2.45) is 11.8 Å². The summed E-state index contributed by atoms with van der Waals surface area (Å²) in [4.78, 5) is 29.5. The van der Waals surface area contributed by atoms with E-state index in [1.165, 1.54) is 0 Å². The van der Waals surface area contributed by atoms with Crippen molar-refractivity contribution in [3.05, 3.63) is 35.5 Å². The predicted octanol–water partition coefficient (Wildman–Crippen LogP) is 2.84. The van der Waals surface area contributed by atoms with Crippen LogP contribution in [-0.2, 0) is 9.59 Å². The first-order chi connectivity index (χ1) is 12.0. The standard InChI is InChI=1S/C18H19ClN2O4/c1-11-7-12(18(23)24)9-21(8-11)16(22)10-25-15-5-4-14(19)13-3-2-6-20-17(13)15/h2-6,11-12H,7-10H2,1H3,(H,23,24). The minimum absolute atomic E-state index is 0.150. The molecule has 6 nitrogen and oxygen atoms in total. The minimum Gasteiger partial charge on any atom is -0.481 e. The van der Waals surface area contributed by atoms with Gasteiger partial charge in [0.05, 0.1) is 10.9 Å². The van der Waals surface area contributed by atoms with Crippen molar-refractivity contribution in [2.75, 3.05) is 19.7 Å². The summed E-state index contributed by atoms with van der Waals surface area (Å²) < 4.78 is 5.66. The first-order valence-electron chi connectivity index (χ1n) is 8.12. The number of rotatable bonds is 4. The molecule has 0 radical (unpaired) electrons. The molecular weight excluding hydrogens is 344 g/mol. The Balaban J connectivity index is 1.70. The third-order valence-corrected chi connectivity index (χ3v) is 4.72. The molecule has 2 aromatic rings. The van der Waals surface area contributed by atoms with Crippen LogP contribution in [0.2, 0.25) is 5.02 Å². The second kappa shape index (κ2) is 7.27. The highest BCUT2D eigenvalue weighted by Crippen LogP contribution is 2.29. The Bertz CT molecular complexity index is 811. The fourth-order valence-electron chi connectivity index (χ4n) is 3.19. The SMILES string of the molecule is CC1CC(C(=O)O)CN(C(=O)COc2ccc(Cl)c3cccnc23)C1. The number of ether oxygens (including phenoxy) is 1. The molecule has 0 spiro atoms. The van der Waals surface area contributed by atoms with Crippen LogP contribution in [0, 0.1) is 11.8 Å². The summed E-state index contributed by atoms with van der Waals surface area (Å²) in [5.41, 5.74) is 0.596. The molecule has 7 heteroatoms. The lowest BCUT2D eigenvalue weighted by atomic mass is 9.90. The second-order valence-electron chi connectivity index (χ2n) is 6.41. The Morgan fingerprint density at radius 2 is 2.16 bits per heavy atom. The number of piperidine rings is 1. The number of benzene rings is 1. The van der Waals surface area contributed by atoms with Gasteiger partial charge in [-0.15, -0.1) is 0 Å². The lowest BCUT2D eigenvalue weighted by Crippen LogP contribution is -2.47. The van der Waals surface area contributed by atoms with E-state index in [0.717, 1.165) is 5.39 Å². The van der Waals surface area contributed by atoms with Gasteiger partial charge in [0.1, 0.15) is 11.3 Å². The van der Waals surface area contributed by atoms with Crippen molar-refractivity contribution >= 4 is 34.4 Å². The van der Waals surface area contributed by atoms with E-state index in [4.69, 9.17) is 16.3 Å². The van der Waals surface area contributed by atoms with Crippen LogP contribution in [0.15, 0.2) is 30.5 Å². The van der Waals surface area contributed by atoms with Gasteiger partial charge in [-0.1, -0.05) is 18.5 Å². The van der Waals surface area contributed by atoms with Gasteiger partial charge in [0, 0.05) is 24.7 Å². The van der Waals surface area contributed by atoms with Crippen LogP contribution >= 0.6 is 11.6 Å². The maximum atomic E-state index is 12.4. The highest BCUT2D eigenvalue weighted by molar-refractivity contribution is 6.35. The van der Waals surface area contributed by atoms with E-state index in [9.17, 15) is 14.7 Å². The number of likely N-dealkylation sites (tertiary alicyclic amines) is 1. The van der Waals surface area contributed by atoms with Crippen molar-refractivity contribution in [2.45, 2.75) is 13.3 Å². The zero-order chi connectivity index (χ0) is 18.0. The number of fused-ring (bicyclic) bond motifs is 1. The monoisotopic (exact) mass is 362 g/mol. The Morgan fingerprint density at radius 3 is 2.92 bits per heavy atom. The zero-order valence-electron chi connectivity index (χ0n) is 13.8. The van der Waals surface area contributed by atoms with Gasteiger partial charge in [0.25, 0.3) is 5.91 Å². The molecular formula is C18H19ClN2O4. The van der Waals surface area contributed by atoms with Gasteiger partial charge in [0.2, 0.25) is 0 Å². The minimum atomic E-state index is -0.863. The lowest BCUT2D eigenvalue weighted by Gasteiger charge is -2.34. The molecule has 25 heavy (non-hydrogen) atoms. The van der Waals surface area contributed by atoms with Crippen molar-refractivity contribution in [3.8, 4) is 5.75 Å². The maximum Gasteiger partial charge on any atom is 0.308 e.